The predicted molar refractivity (Wildman–Crippen MR) is 57.9 cm³/mol. The molecule has 0 fully saturated rings. The second kappa shape index (κ2) is 8.10. The molecule has 0 rings (SSSR count). The first-order chi connectivity index (χ1) is 6.24. The van der Waals surface area contributed by atoms with Crippen LogP contribution in [0, 0.1) is 18.3 Å². The van der Waals surface area contributed by atoms with Gasteiger partial charge in [-0.3, -0.25) is 11.3 Å². The highest BCUT2D eigenvalue weighted by Gasteiger charge is 2.09. The molecule has 76 valence electrons. The molecule has 0 aliphatic heterocycles. The summed E-state index contributed by atoms with van der Waals surface area (Å²) >= 11 is 0. The van der Waals surface area contributed by atoms with E-state index < -0.39 is 0 Å². The maximum Gasteiger partial charge on any atom is 0.0213 e. The molecule has 0 aliphatic rings. The molecule has 13 heavy (non-hydrogen) atoms. The Morgan fingerprint density at radius 2 is 2.23 bits per heavy atom. The minimum atomic E-state index is 0.434. The predicted octanol–water partition coefficient (Wildman–Crippen LogP) is 2.06. The van der Waals surface area contributed by atoms with Crippen LogP contribution in [0.4, 0.5) is 0 Å². The van der Waals surface area contributed by atoms with Crippen molar-refractivity contribution in [1.29, 1.82) is 0 Å². The summed E-state index contributed by atoms with van der Waals surface area (Å²) in [6.45, 7) is 4.46. The van der Waals surface area contributed by atoms with Gasteiger partial charge in [-0.2, -0.15) is 0 Å². The van der Waals surface area contributed by atoms with Crippen molar-refractivity contribution in [2.45, 2.75) is 52.0 Å². The summed E-state index contributed by atoms with van der Waals surface area (Å²) in [4.78, 5) is 0. The molecule has 0 amide bonds. The Labute approximate surface area is 82.2 Å². The Hall–Kier alpha value is -0.520. The third-order valence-electron chi connectivity index (χ3n) is 2.49. The van der Waals surface area contributed by atoms with Gasteiger partial charge in [-0.05, 0) is 25.2 Å². The average Bonchev–Trinajstić information content (AvgIpc) is 2.16. The van der Waals surface area contributed by atoms with Crippen LogP contribution in [-0.4, -0.2) is 6.04 Å². The maximum atomic E-state index is 5.46. The molecule has 0 aromatic rings. The molecule has 0 saturated heterocycles. The molecule has 0 saturated carbocycles. The van der Waals surface area contributed by atoms with Gasteiger partial charge in [-0.25, -0.2) is 0 Å². The zero-order chi connectivity index (χ0) is 10.1. The first-order valence-electron chi connectivity index (χ1n) is 5.14. The van der Waals surface area contributed by atoms with Crippen LogP contribution in [0.5, 0.6) is 0 Å². The van der Waals surface area contributed by atoms with Crippen LogP contribution in [0.15, 0.2) is 0 Å². The van der Waals surface area contributed by atoms with Gasteiger partial charge in [-0.1, -0.05) is 20.3 Å². The lowest BCUT2D eigenvalue weighted by Gasteiger charge is -2.18. The van der Waals surface area contributed by atoms with Gasteiger partial charge in [0.25, 0.3) is 0 Å². The van der Waals surface area contributed by atoms with Gasteiger partial charge in [0.2, 0.25) is 0 Å². The first-order valence-corrected chi connectivity index (χ1v) is 5.14. The average molecular weight is 182 g/mol. The van der Waals surface area contributed by atoms with E-state index in [-0.39, 0.29) is 0 Å². The molecule has 0 heterocycles. The fraction of sp³-hybridized carbons (Fsp3) is 0.818. The van der Waals surface area contributed by atoms with Crippen LogP contribution < -0.4 is 11.3 Å². The van der Waals surface area contributed by atoms with Crippen molar-refractivity contribution in [1.82, 2.24) is 5.43 Å². The Bertz CT molecular complexity index is 149. The topological polar surface area (TPSA) is 38.0 Å². The highest BCUT2D eigenvalue weighted by molar-refractivity contribution is 4.83. The third kappa shape index (κ3) is 6.62. The number of terminal acetylenes is 1. The molecule has 3 N–H and O–H groups in total. The molecular weight excluding hydrogens is 160 g/mol. The minimum Gasteiger partial charge on any atom is -0.271 e. The monoisotopic (exact) mass is 182 g/mol. The van der Waals surface area contributed by atoms with Crippen LogP contribution >= 0.6 is 0 Å². The van der Waals surface area contributed by atoms with Crippen molar-refractivity contribution >= 4 is 0 Å². The van der Waals surface area contributed by atoms with Gasteiger partial charge in [0.15, 0.2) is 0 Å². The quantitative estimate of drug-likeness (QED) is 0.274. The fourth-order valence-electron chi connectivity index (χ4n) is 1.37. The van der Waals surface area contributed by atoms with Crippen molar-refractivity contribution in [2.75, 3.05) is 0 Å². The molecule has 0 aromatic carbocycles. The fourth-order valence-corrected chi connectivity index (χ4v) is 1.37. The molecule has 0 aliphatic carbocycles. The Morgan fingerprint density at radius 1 is 1.54 bits per heavy atom. The first kappa shape index (κ1) is 12.5. The van der Waals surface area contributed by atoms with Crippen molar-refractivity contribution in [3.63, 3.8) is 0 Å². The smallest absolute Gasteiger partial charge is 0.0213 e. The third-order valence-corrected chi connectivity index (χ3v) is 2.49. The molecule has 2 nitrogen and oxygen atoms in total. The number of hydrogen-bond acceptors (Lipinski definition) is 2. The van der Waals surface area contributed by atoms with Crippen LogP contribution in [0.1, 0.15) is 46.0 Å². The Balaban J connectivity index is 3.57. The normalized spacial score (nSPS) is 14.9. The van der Waals surface area contributed by atoms with Gasteiger partial charge in [-0.15, -0.1) is 12.3 Å². The standard InChI is InChI=1S/C11H22N2/c1-4-6-7-8-11(13-12)9-10(3)5-2/h1,10-11,13H,5-9,12H2,2-3H3. The number of rotatable bonds is 7. The van der Waals surface area contributed by atoms with Gasteiger partial charge in [0, 0.05) is 12.5 Å². The van der Waals surface area contributed by atoms with Crippen LogP contribution in [-0.2, 0) is 0 Å². The van der Waals surface area contributed by atoms with Gasteiger partial charge >= 0.3 is 0 Å². The summed E-state index contributed by atoms with van der Waals surface area (Å²) < 4.78 is 0. The van der Waals surface area contributed by atoms with Crippen molar-refractivity contribution in [2.24, 2.45) is 11.8 Å². The van der Waals surface area contributed by atoms with E-state index in [1.54, 1.807) is 0 Å². The van der Waals surface area contributed by atoms with E-state index in [9.17, 15) is 0 Å². The van der Waals surface area contributed by atoms with Crippen molar-refractivity contribution in [3.8, 4) is 12.3 Å². The van der Waals surface area contributed by atoms with E-state index in [0.717, 1.165) is 31.6 Å². The van der Waals surface area contributed by atoms with Crippen molar-refractivity contribution < 1.29 is 0 Å². The van der Waals surface area contributed by atoms with E-state index in [2.05, 4.69) is 25.2 Å². The second-order valence-electron chi connectivity index (χ2n) is 3.71. The van der Waals surface area contributed by atoms with Crippen LogP contribution in [0.25, 0.3) is 0 Å². The van der Waals surface area contributed by atoms with E-state index >= 15 is 0 Å². The zero-order valence-electron chi connectivity index (χ0n) is 8.84. The lowest BCUT2D eigenvalue weighted by molar-refractivity contribution is 0.376. The summed E-state index contributed by atoms with van der Waals surface area (Å²) in [5, 5.41) is 0. The highest BCUT2D eigenvalue weighted by atomic mass is 15.2. The summed E-state index contributed by atoms with van der Waals surface area (Å²) in [5.74, 6) is 8.84. The second-order valence-corrected chi connectivity index (χ2v) is 3.71. The molecule has 0 bridgehead atoms. The number of hydrazine groups is 1. The number of nitrogens with one attached hydrogen (secondary N) is 1. The largest absolute Gasteiger partial charge is 0.271 e. The number of hydrogen-bond donors (Lipinski definition) is 2. The summed E-state index contributed by atoms with van der Waals surface area (Å²) in [6, 6.07) is 0.434. The molecule has 2 atom stereocenters. The molecule has 2 heteroatoms. The maximum absolute atomic E-state index is 5.46. The molecule has 0 radical (unpaired) electrons. The zero-order valence-corrected chi connectivity index (χ0v) is 8.84. The summed E-state index contributed by atoms with van der Waals surface area (Å²) in [6.07, 6.45) is 10.6. The summed E-state index contributed by atoms with van der Waals surface area (Å²) in [7, 11) is 0. The van der Waals surface area contributed by atoms with Crippen LogP contribution in [0.2, 0.25) is 0 Å². The Kier molecular flexibility index (Phi) is 7.77. The molecular formula is C11H22N2. The van der Waals surface area contributed by atoms with Gasteiger partial charge < -0.3 is 0 Å². The van der Waals surface area contributed by atoms with Crippen LogP contribution in [0.3, 0.4) is 0 Å². The van der Waals surface area contributed by atoms with E-state index in [1.807, 2.05) is 0 Å². The molecule has 0 spiro atoms. The lowest BCUT2D eigenvalue weighted by atomic mass is 9.96. The lowest BCUT2D eigenvalue weighted by Crippen LogP contribution is -2.36. The van der Waals surface area contributed by atoms with E-state index in [0.29, 0.717) is 6.04 Å². The van der Waals surface area contributed by atoms with Crippen molar-refractivity contribution in [3.05, 3.63) is 0 Å². The van der Waals surface area contributed by atoms with Gasteiger partial charge in [0.05, 0.1) is 0 Å². The van der Waals surface area contributed by atoms with Gasteiger partial charge in [0.1, 0.15) is 0 Å². The molecule has 2 unspecified atom stereocenters. The SMILES string of the molecule is C#CCCCC(CC(C)CC)NN. The molecule has 0 aromatic heterocycles. The Morgan fingerprint density at radius 3 is 2.69 bits per heavy atom. The summed E-state index contributed by atoms with van der Waals surface area (Å²) in [5.41, 5.74) is 2.86. The number of unbranched alkanes of at least 4 members (excludes halogenated alkanes) is 1. The highest BCUT2D eigenvalue weighted by Crippen LogP contribution is 2.13. The van der Waals surface area contributed by atoms with E-state index in [1.165, 1.54) is 6.42 Å². The number of nitrogens with two attached hydrogens (primary N) is 1. The van der Waals surface area contributed by atoms with E-state index in [4.69, 9.17) is 12.3 Å². The minimum absolute atomic E-state index is 0.434.